The van der Waals surface area contributed by atoms with Crippen LogP contribution in [0.25, 0.3) is 0 Å². The van der Waals surface area contributed by atoms with Gasteiger partial charge in [0.2, 0.25) is 5.91 Å². The molecule has 1 heterocycles. The lowest BCUT2D eigenvalue weighted by Crippen LogP contribution is -2.58. The fourth-order valence-electron chi connectivity index (χ4n) is 4.79. The van der Waals surface area contributed by atoms with Crippen molar-refractivity contribution in [1.29, 1.82) is 0 Å². The van der Waals surface area contributed by atoms with Crippen LogP contribution in [0.1, 0.15) is 31.2 Å². The minimum atomic E-state index is -0.350. The van der Waals surface area contributed by atoms with Crippen LogP contribution in [0.15, 0.2) is 48.5 Å². The Bertz CT molecular complexity index is 938. The van der Waals surface area contributed by atoms with Crippen LogP contribution in [-0.4, -0.2) is 54.0 Å². The van der Waals surface area contributed by atoms with Gasteiger partial charge >= 0.3 is 6.03 Å². The molecule has 176 valence electrons. The van der Waals surface area contributed by atoms with Gasteiger partial charge in [0.05, 0.1) is 6.04 Å². The lowest BCUT2D eigenvalue weighted by molar-refractivity contribution is -0.129. The van der Waals surface area contributed by atoms with Gasteiger partial charge in [0, 0.05) is 38.4 Å². The van der Waals surface area contributed by atoms with Crippen LogP contribution in [-0.2, 0) is 11.3 Å². The lowest BCUT2D eigenvalue weighted by Gasteiger charge is -2.40. The number of piperazine rings is 1. The third-order valence-electron chi connectivity index (χ3n) is 6.59. The summed E-state index contributed by atoms with van der Waals surface area (Å²) in [7, 11) is 0. The third kappa shape index (κ3) is 6.07. The molecule has 2 aromatic rings. The van der Waals surface area contributed by atoms with Gasteiger partial charge < -0.3 is 15.5 Å². The summed E-state index contributed by atoms with van der Waals surface area (Å²) in [6.45, 7) is 2.62. The Kier molecular flexibility index (Phi) is 7.54. The maximum Gasteiger partial charge on any atom is 0.321 e. The third-order valence-corrected chi connectivity index (χ3v) is 6.59. The van der Waals surface area contributed by atoms with E-state index < -0.39 is 0 Å². The van der Waals surface area contributed by atoms with Crippen molar-refractivity contribution in [2.45, 2.75) is 38.3 Å². The number of nitrogens with zero attached hydrogens (tertiary/aromatic N) is 2. The number of rotatable bonds is 6. The second-order valence-corrected chi connectivity index (χ2v) is 8.79. The predicted molar refractivity (Wildman–Crippen MR) is 123 cm³/mol. The summed E-state index contributed by atoms with van der Waals surface area (Å²) in [5.41, 5.74) is 1.41. The molecule has 1 aliphatic heterocycles. The summed E-state index contributed by atoms with van der Waals surface area (Å²) in [4.78, 5) is 29.7. The number of halogens is 2. The topological polar surface area (TPSA) is 64.7 Å². The molecule has 4 rings (SSSR count). The van der Waals surface area contributed by atoms with E-state index in [1.807, 2.05) is 0 Å². The van der Waals surface area contributed by atoms with E-state index in [-0.39, 0.29) is 29.6 Å². The van der Waals surface area contributed by atoms with E-state index in [2.05, 4.69) is 15.5 Å². The molecule has 0 bridgehead atoms. The van der Waals surface area contributed by atoms with Gasteiger partial charge in [-0.2, -0.15) is 0 Å². The number of nitrogens with one attached hydrogen (secondary N) is 2. The Balaban J connectivity index is 1.34. The van der Waals surface area contributed by atoms with Crippen molar-refractivity contribution in [3.63, 3.8) is 0 Å². The maximum atomic E-state index is 13.2. The van der Waals surface area contributed by atoms with Gasteiger partial charge in [0.1, 0.15) is 11.6 Å². The van der Waals surface area contributed by atoms with Crippen molar-refractivity contribution in [2.75, 3.05) is 31.5 Å². The van der Waals surface area contributed by atoms with Gasteiger partial charge in [-0.25, -0.2) is 13.6 Å². The molecule has 2 aliphatic rings. The normalized spacial score (nSPS) is 18.2. The van der Waals surface area contributed by atoms with Gasteiger partial charge in [0.25, 0.3) is 0 Å². The van der Waals surface area contributed by atoms with Crippen LogP contribution in [0.2, 0.25) is 0 Å². The van der Waals surface area contributed by atoms with Crippen molar-refractivity contribution in [2.24, 2.45) is 5.92 Å². The lowest BCUT2D eigenvalue weighted by atomic mass is 9.95. The maximum absolute atomic E-state index is 13.2. The van der Waals surface area contributed by atoms with Gasteiger partial charge in [-0.3, -0.25) is 9.69 Å². The van der Waals surface area contributed by atoms with Crippen molar-refractivity contribution in [1.82, 2.24) is 15.1 Å². The molecular weight excluding hydrogens is 426 g/mol. The molecule has 1 unspecified atom stereocenters. The summed E-state index contributed by atoms with van der Waals surface area (Å²) in [6.07, 6.45) is 4.32. The summed E-state index contributed by atoms with van der Waals surface area (Å²) in [5.74, 6) is -0.347. The summed E-state index contributed by atoms with van der Waals surface area (Å²) < 4.78 is 26.2. The van der Waals surface area contributed by atoms with Crippen LogP contribution in [0, 0.1) is 17.6 Å². The molecule has 8 heteroatoms. The molecule has 1 aliphatic carbocycles. The first-order valence-electron chi connectivity index (χ1n) is 11.6. The standard InChI is InChI=1S/C25H30F2N4O2/c26-20-7-5-18(6-8-20)17-28-24(32)23(19-3-1-2-4-19)30-13-15-31(16-14-30)25(33)29-22-11-9-21(27)10-12-22/h5-12,19,23H,1-4,13-17H2,(H,28,32)(H,29,33). The van der Waals surface area contributed by atoms with E-state index in [4.69, 9.17) is 0 Å². The molecule has 2 N–H and O–H groups in total. The minimum absolute atomic E-state index is 0.00422. The first-order chi connectivity index (χ1) is 16.0. The number of anilines is 1. The summed E-state index contributed by atoms with van der Waals surface area (Å²) in [5, 5.41) is 5.84. The number of hydrogen-bond donors (Lipinski definition) is 2. The monoisotopic (exact) mass is 456 g/mol. The molecule has 3 amide bonds. The van der Waals surface area contributed by atoms with E-state index >= 15 is 0 Å². The molecule has 0 aromatic heterocycles. The molecule has 6 nitrogen and oxygen atoms in total. The smallest absolute Gasteiger partial charge is 0.321 e. The molecule has 0 spiro atoms. The van der Waals surface area contributed by atoms with Crippen LogP contribution >= 0.6 is 0 Å². The van der Waals surface area contributed by atoms with Crippen molar-refractivity contribution in [3.05, 3.63) is 65.7 Å². The van der Waals surface area contributed by atoms with E-state index in [0.717, 1.165) is 31.2 Å². The molecule has 2 fully saturated rings. The quantitative estimate of drug-likeness (QED) is 0.691. The zero-order valence-corrected chi connectivity index (χ0v) is 18.6. The molecule has 1 saturated heterocycles. The SMILES string of the molecule is O=C(NCc1ccc(F)cc1)C(C1CCCC1)N1CCN(C(=O)Nc2ccc(F)cc2)CC1. The number of carbonyl (C=O) groups is 2. The second-order valence-electron chi connectivity index (χ2n) is 8.79. The van der Waals surface area contributed by atoms with Crippen molar-refractivity contribution >= 4 is 17.6 Å². The Morgan fingerprint density at radius 3 is 2.06 bits per heavy atom. The van der Waals surface area contributed by atoms with Crippen LogP contribution < -0.4 is 10.6 Å². The highest BCUT2D eigenvalue weighted by Crippen LogP contribution is 2.31. The molecular formula is C25H30F2N4O2. The van der Waals surface area contributed by atoms with E-state index in [0.29, 0.717) is 44.3 Å². The van der Waals surface area contributed by atoms with Gasteiger partial charge in [-0.15, -0.1) is 0 Å². The Morgan fingerprint density at radius 1 is 0.879 bits per heavy atom. The highest BCUT2D eigenvalue weighted by molar-refractivity contribution is 5.89. The van der Waals surface area contributed by atoms with Gasteiger partial charge in [-0.05, 0) is 60.7 Å². The Morgan fingerprint density at radius 2 is 1.45 bits per heavy atom. The number of urea groups is 1. The number of carbonyl (C=O) groups excluding carboxylic acids is 2. The van der Waals surface area contributed by atoms with Crippen LogP contribution in [0.4, 0.5) is 19.3 Å². The van der Waals surface area contributed by atoms with Crippen LogP contribution in [0.5, 0.6) is 0 Å². The predicted octanol–water partition coefficient (Wildman–Crippen LogP) is 3.99. The van der Waals surface area contributed by atoms with E-state index in [1.54, 1.807) is 17.0 Å². The second kappa shape index (κ2) is 10.7. The first-order valence-corrected chi connectivity index (χ1v) is 11.6. The average Bonchev–Trinajstić information content (AvgIpc) is 3.35. The molecule has 2 aromatic carbocycles. The summed E-state index contributed by atoms with van der Waals surface area (Å²) >= 11 is 0. The largest absolute Gasteiger partial charge is 0.351 e. The van der Waals surface area contributed by atoms with Crippen molar-refractivity contribution in [3.8, 4) is 0 Å². The fourth-order valence-corrected chi connectivity index (χ4v) is 4.79. The van der Waals surface area contributed by atoms with E-state index in [9.17, 15) is 18.4 Å². The zero-order chi connectivity index (χ0) is 23.2. The zero-order valence-electron chi connectivity index (χ0n) is 18.6. The number of benzene rings is 2. The molecule has 1 atom stereocenters. The van der Waals surface area contributed by atoms with Crippen molar-refractivity contribution < 1.29 is 18.4 Å². The van der Waals surface area contributed by atoms with Gasteiger partial charge in [0.15, 0.2) is 0 Å². The fraction of sp³-hybridized carbons (Fsp3) is 0.440. The minimum Gasteiger partial charge on any atom is -0.351 e. The number of hydrogen-bond acceptors (Lipinski definition) is 3. The Labute approximate surface area is 192 Å². The first kappa shape index (κ1) is 23.2. The highest BCUT2D eigenvalue weighted by atomic mass is 19.1. The van der Waals surface area contributed by atoms with Gasteiger partial charge in [-0.1, -0.05) is 25.0 Å². The molecule has 0 radical (unpaired) electrons. The summed E-state index contributed by atoms with van der Waals surface area (Å²) in [6, 6.07) is 11.4. The molecule has 1 saturated carbocycles. The Hall–Kier alpha value is -3.00. The van der Waals surface area contributed by atoms with Crippen LogP contribution in [0.3, 0.4) is 0 Å². The molecule has 33 heavy (non-hydrogen) atoms. The average molecular weight is 457 g/mol. The van der Waals surface area contributed by atoms with E-state index in [1.165, 1.54) is 36.4 Å². The highest BCUT2D eigenvalue weighted by Gasteiger charge is 2.37. The number of amides is 3.